The van der Waals surface area contributed by atoms with Crippen LogP contribution >= 0.6 is 11.3 Å². The Balaban J connectivity index is 2.26. The molecule has 0 amide bonds. The van der Waals surface area contributed by atoms with Crippen LogP contribution in [0.15, 0.2) is 12.1 Å². The molecule has 0 saturated heterocycles. The first-order valence-electron chi connectivity index (χ1n) is 6.24. The van der Waals surface area contributed by atoms with Crippen molar-refractivity contribution in [3.8, 4) is 11.6 Å². The Bertz CT molecular complexity index is 694. The van der Waals surface area contributed by atoms with Crippen LogP contribution in [0.25, 0.3) is 10.2 Å². The molecular weight excluding hydrogens is 294 g/mol. The molecule has 0 aliphatic heterocycles. The highest BCUT2D eigenvalue weighted by Crippen LogP contribution is 2.33. The smallest absolute Gasteiger partial charge is 0.308 e. The summed E-state index contributed by atoms with van der Waals surface area (Å²) in [6.07, 6.45) is 0.0720. The maximum absolute atomic E-state index is 12.2. The first-order valence-corrected chi connectivity index (χ1v) is 7.06. The highest BCUT2D eigenvalue weighted by molar-refractivity contribution is 7.20. The number of carbonyl (C=O) groups is 2. The molecule has 2 heterocycles. The van der Waals surface area contributed by atoms with Crippen molar-refractivity contribution >= 4 is 33.3 Å². The Hall–Kier alpha value is -2.15. The molecular formula is C14H15NO5S. The van der Waals surface area contributed by atoms with Crippen LogP contribution in [0.1, 0.15) is 23.0 Å². The molecule has 112 valence electrons. The van der Waals surface area contributed by atoms with Crippen LogP contribution in [0, 0.1) is 5.92 Å². The van der Waals surface area contributed by atoms with Gasteiger partial charge >= 0.3 is 5.97 Å². The number of nitrogens with zero attached hydrogens (tertiary/aromatic N) is 1. The number of methoxy groups -OCH3 is 2. The molecule has 0 fully saturated rings. The van der Waals surface area contributed by atoms with Crippen LogP contribution in [0.3, 0.4) is 0 Å². The number of ketones is 1. The number of ether oxygens (including phenoxy) is 2. The highest BCUT2D eigenvalue weighted by atomic mass is 32.1. The molecule has 0 spiro atoms. The fraction of sp³-hybridized carbons (Fsp3) is 0.357. The maximum atomic E-state index is 12.2. The third kappa shape index (κ3) is 3.13. The monoisotopic (exact) mass is 309 g/mol. The van der Waals surface area contributed by atoms with E-state index in [0.717, 1.165) is 0 Å². The molecule has 0 aliphatic rings. The standard InChI is InChI=1S/C14H15NO5S/c1-7(14(18)20-3)4-9(16)12-5-8-11(21-12)6-10(17)13(15-8)19-2/h5-7,17H,4H2,1-3H3/t7-/m0/s1. The minimum absolute atomic E-state index is 0.0720. The van der Waals surface area contributed by atoms with E-state index in [1.807, 2.05) is 0 Å². The molecule has 0 saturated carbocycles. The van der Waals surface area contributed by atoms with E-state index in [0.29, 0.717) is 15.1 Å². The first-order chi connectivity index (χ1) is 9.96. The summed E-state index contributed by atoms with van der Waals surface area (Å²) < 4.78 is 10.2. The van der Waals surface area contributed by atoms with Gasteiger partial charge in [0.15, 0.2) is 11.5 Å². The van der Waals surface area contributed by atoms with Crippen molar-refractivity contribution in [3.63, 3.8) is 0 Å². The van der Waals surface area contributed by atoms with Crippen molar-refractivity contribution in [2.75, 3.05) is 14.2 Å². The molecule has 0 aromatic carbocycles. The van der Waals surface area contributed by atoms with Crippen molar-refractivity contribution in [3.05, 3.63) is 17.0 Å². The van der Waals surface area contributed by atoms with Gasteiger partial charge in [0.25, 0.3) is 5.88 Å². The quantitative estimate of drug-likeness (QED) is 0.674. The van der Waals surface area contributed by atoms with Crippen molar-refractivity contribution in [1.82, 2.24) is 4.98 Å². The Labute approximate surface area is 125 Å². The van der Waals surface area contributed by atoms with Crippen molar-refractivity contribution < 1.29 is 24.2 Å². The van der Waals surface area contributed by atoms with E-state index in [4.69, 9.17) is 4.74 Å². The lowest BCUT2D eigenvalue weighted by molar-refractivity contribution is -0.144. The summed E-state index contributed by atoms with van der Waals surface area (Å²) in [5, 5.41) is 9.68. The number of Topliss-reactive ketones (excluding diaryl/α,β-unsaturated/α-hetero) is 1. The number of hydrogen-bond acceptors (Lipinski definition) is 7. The van der Waals surface area contributed by atoms with E-state index in [9.17, 15) is 14.7 Å². The van der Waals surface area contributed by atoms with Gasteiger partial charge in [-0.3, -0.25) is 9.59 Å². The largest absolute Gasteiger partial charge is 0.503 e. The van der Waals surface area contributed by atoms with Gasteiger partial charge in [-0.05, 0) is 6.07 Å². The van der Waals surface area contributed by atoms with Gasteiger partial charge < -0.3 is 14.6 Å². The zero-order valence-corrected chi connectivity index (χ0v) is 12.7. The molecule has 1 N–H and O–H groups in total. The summed E-state index contributed by atoms with van der Waals surface area (Å²) in [6.45, 7) is 1.64. The molecule has 6 nitrogen and oxygen atoms in total. The number of rotatable bonds is 5. The highest BCUT2D eigenvalue weighted by Gasteiger charge is 2.20. The molecule has 0 radical (unpaired) electrons. The molecule has 2 aromatic rings. The van der Waals surface area contributed by atoms with E-state index in [-0.39, 0.29) is 23.8 Å². The predicted molar refractivity (Wildman–Crippen MR) is 78.0 cm³/mol. The molecule has 0 aliphatic carbocycles. The number of carbonyl (C=O) groups excluding carboxylic acids is 2. The molecule has 0 bridgehead atoms. The Morgan fingerprint density at radius 1 is 1.38 bits per heavy atom. The Kier molecular flexibility index (Phi) is 4.42. The second-order valence-electron chi connectivity index (χ2n) is 4.56. The van der Waals surface area contributed by atoms with Gasteiger partial charge in [-0.2, -0.15) is 0 Å². The molecule has 2 rings (SSSR count). The third-order valence-corrected chi connectivity index (χ3v) is 4.12. The van der Waals surface area contributed by atoms with Gasteiger partial charge in [-0.15, -0.1) is 11.3 Å². The fourth-order valence-corrected chi connectivity index (χ4v) is 2.87. The summed E-state index contributed by atoms with van der Waals surface area (Å²) in [5.74, 6) is -1.03. The van der Waals surface area contributed by atoms with Crippen molar-refractivity contribution in [1.29, 1.82) is 0 Å². The minimum Gasteiger partial charge on any atom is -0.503 e. The van der Waals surface area contributed by atoms with Gasteiger partial charge in [0, 0.05) is 12.5 Å². The number of esters is 1. The minimum atomic E-state index is -0.497. The predicted octanol–water partition coefficient (Wildman–Crippen LogP) is 2.39. The number of aromatic nitrogens is 1. The lowest BCUT2D eigenvalue weighted by Crippen LogP contribution is -2.16. The summed E-state index contributed by atoms with van der Waals surface area (Å²) in [6, 6.07) is 3.14. The number of pyridine rings is 1. The number of hydrogen-bond donors (Lipinski definition) is 1. The first kappa shape index (κ1) is 15.2. The van der Waals surface area contributed by atoms with Crippen LogP contribution in [0.4, 0.5) is 0 Å². The van der Waals surface area contributed by atoms with E-state index >= 15 is 0 Å². The summed E-state index contributed by atoms with van der Waals surface area (Å²) in [4.78, 5) is 28.1. The number of thiophene rings is 1. The summed E-state index contributed by atoms with van der Waals surface area (Å²) in [5.41, 5.74) is 0.573. The average molecular weight is 309 g/mol. The van der Waals surface area contributed by atoms with Gasteiger partial charge in [0.2, 0.25) is 0 Å². The second kappa shape index (κ2) is 6.09. The van der Waals surface area contributed by atoms with Gasteiger partial charge in [0.05, 0.1) is 35.2 Å². The van der Waals surface area contributed by atoms with Crippen LogP contribution in [0.5, 0.6) is 11.6 Å². The molecule has 1 atom stereocenters. The van der Waals surface area contributed by atoms with Crippen LogP contribution < -0.4 is 4.74 Å². The van der Waals surface area contributed by atoms with Crippen LogP contribution in [-0.2, 0) is 9.53 Å². The molecule has 7 heteroatoms. The second-order valence-corrected chi connectivity index (χ2v) is 5.65. The van der Waals surface area contributed by atoms with Crippen molar-refractivity contribution in [2.24, 2.45) is 5.92 Å². The number of fused-ring (bicyclic) bond motifs is 1. The van der Waals surface area contributed by atoms with Crippen LogP contribution in [-0.4, -0.2) is 36.1 Å². The zero-order chi connectivity index (χ0) is 15.6. The fourth-order valence-electron chi connectivity index (χ4n) is 1.89. The van der Waals surface area contributed by atoms with Crippen molar-refractivity contribution in [2.45, 2.75) is 13.3 Å². The SMILES string of the molecule is COC(=O)[C@@H](C)CC(=O)c1cc2nc(OC)c(O)cc2s1. The molecule has 0 unspecified atom stereocenters. The van der Waals surface area contributed by atoms with E-state index in [1.54, 1.807) is 13.0 Å². The lowest BCUT2D eigenvalue weighted by atomic mass is 10.0. The molecule has 2 aromatic heterocycles. The third-order valence-electron chi connectivity index (χ3n) is 3.01. The zero-order valence-electron chi connectivity index (χ0n) is 11.9. The topological polar surface area (TPSA) is 85.7 Å². The summed E-state index contributed by atoms with van der Waals surface area (Å²) >= 11 is 1.22. The van der Waals surface area contributed by atoms with E-state index < -0.39 is 11.9 Å². The van der Waals surface area contributed by atoms with Crippen LogP contribution in [0.2, 0.25) is 0 Å². The Morgan fingerprint density at radius 3 is 2.71 bits per heavy atom. The summed E-state index contributed by atoms with van der Waals surface area (Å²) in [7, 11) is 2.70. The average Bonchev–Trinajstić information content (AvgIpc) is 2.87. The van der Waals surface area contributed by atoms with Gasteiger partial charge in [-0.25, -0.2) is 4.98 Å². The van der Waals surface area contributed by atoms with E-state index in [2.05, 4.69) is 9.72 Å². The maximum Gasteiger partial charge on any atom is 0.308 e. The van der Waals surface area contributed by atoms with Gasteiger partial charge in [-0.1, -0.05) is 6.92 Å². The molecule has 21 heavy (non-hydrogen) atoms. The van der Waals surface area contributed by atoms with Gasteiger partial charge in [0.1, 0.15) is 0 Å². The lowest BCUT2D eigenvalue weighted by Gasteiger charge is -2.06. The van der Waals surface area contributed by atoms with E-state index in [1.165, 1.54) is 31.6 Å². The number of aromatic hydroxyl groups is 1. The normalized spacial score (nSPS) is 12.1. The Morgan fingerprint density at radius 2 is 2.10 bits per heavy atom.